The minimum atomic E-state index is 0.152. The monoisotopic (exact) mass is 232 g/mol. The van der Waals surface area contributed by atoms with Gasteiger partial charge in [0.15, 0.2) is 0 Å². The number of amides is 1. The van der Waals surface area contributed by atoms with Crippen molar-refractivity contribution in [2.45, 2.75) is 19.8 Å². The van der Waals surface area contributed by atoms with Crippen molar-refractivity contribution in [3.8, 4) is 0 Å². The molecule has 3 heteroatoms. The fourth-order valence-corrected chi connectivity index (χ4v) is 1.91. The van der Waals surface area contributed by atoms with Crippen LogP contribution in [0.1, 0.15) is 19.8 Å². The maximum absolute atomic E-state index is 12.0. The van der Waals surface area contributed by atoms with Crippen LogP contribution >= 0.6 is 0 Å². The number of hydrogen-bond donors (Lipinski definition) is 1. The molecule has 1 amide bonds. The van der Waals surface area contributed by atoms with Crippen LogP contribution in [-0.4, -0.2) is 25.5 Å². The topological polar surface area (TPSA) is 32.3 Å². The van der Waals surface area contributed by atoms with Crippen LogP contribution in [0, 0.1) is 5.92 Å². The summed E-state index contributed by atoms with van der Waals surface area (Å²) in [6.45, 7) is 4.15. The van der Waals surface area contributed by atoms with Gasteiger partial charge in [-0.05, 0) is 44.4 Å². The highest BCUT2D eigenvalue weighted by molar-refractivity contribution is 5.94. The van der Waals surface area contributed by atoms with Crippen molar-refractivity contribution in [2.24, 2.45) is 5.92 Å². The molecular formula is C14H20N2O. The number of carbonyl (C=O) groups is 1. The van der Waals surface area contributed by atoms with Crippen molar-refractivity contribution in [3.05, 3.63) is 30.3 Å². The molecule has 0 spiro atoms. The van der Waals surface area contributed by atoms with E-state index in [9.17, 15) is 4.79 Å². The molecule has 0 bridgehead atoms. The van der Waals surface area contributed by atoms with Gasteiger partial charge in [-0.3, -0.25) is 4.79 Å². The maximum Gasteiger partial charge on any atom is 0.240 e. The zero-order valence-corrected chi connectivity index (χ0v) is 10.4. The molecule has 2 rings (SSSR count). The normalized spacial score (nSPS) is 14.6. The Bertz CT molecular complexity index is 360. The number of nitrogens with zero attached hydrogens (tertiary/aromatic N) is 1. The lowest BCUT2D eigenvalue weighted by Gasteiger charge is -2.21. The van der Waals surface area contributed by atoms with Gasteiger partial charge in [0, 0.05) is 12.2 Å². The van der Waals surface area contributed by atoms with Crippen molar-refractivity contribution in [1.29, 1.82) is 0 Å². The lowest BCUT2D eigenvalue weighted by molar-refractivity contribution is -0.117. The van der Waals surface area contributed by atoms with Gasteiger partial charge < -0.3 is 10.2 Å². The first kappa shape index (κ1) is 12.1. The molecule has 0 unspecified atom stereocenters. The van der Waals surface area contributed by atoms with E-state index in [2.05, 4.69) is 5.32 Å². The van der Waals surface area contributed by atoms with E-state index in [1.807, 2.05) is 42.2 Å². The van der Waals surface area contributed by atoms with Crippen LogP contribution in [0.5, 0.6) is 0 Å². The highest BCUT2D eigenvalue weighted by Crippen LogP contribution is 2.27. The quantitative estimate of drug-likeness (QED) is 0.814. The zero-order chi connectivity index (χ0) is 12.1. The van der Waals surface area contributed by atoms with Gasteiger partial charge in [-0.25, -0.2) is 0 Å². The first-order valence-electron chi connectivity index (χ1n) is 6.37. The second-order valence-corrected chi connectivity index (χ2v) is 4.55. The van der Waals surface area contributed by atoms with E-state index in [0.717, 1.165) is 18.2 Å². The van der Waals surface area contributed by atoms with E-state index in [1.54, 1.807) is 0 Å². The molecule has 1 aromatic carbocycles. The van der Waals surface area contributed by atoms with Crippen molar-refractivity contribution < 1.29 is 4.79 Å². The van der Waals surface area contributed by atoms with Gasteiger partial charge in [0.25, 0.3) is 0 Å². The lowest BCUT2D eigenvalue weighted by Crippen LogP contribution is -2.38. The van der Waals surface area contributed by atoms with Crippen LogP contribution in [0.25, 0.3) is 0 Å². The standard InChI is InChI=1S/C14H20N2O/c1-2-16(13-6-4-3-5-7-13)14(17)11-15-10-12-8-9-12/h3-7,12,15H,2,8-11H2,1H3. The Balaban J connectivity index is 1.85. The van der Waals surface area contributed by atoms with E-state index in [0.29, 0.717) is 13.1 Å². The summed E-state index contributed by atoms with van der Waals surface area (Å²) in [4.78, 5) is 13.9. The van der Waals surface area contributed by atoms with Gasteiger partial charge >= 0.3 is 0 Å². The molecule has 0 saturated heterocycles. The van der Waals surface area contributed by atoms with Crippen molar-refractivity contribution in [1.82, 2.24) is 5.32 Å². The van der Waals surface area contributed by atoms with Crippen molar-refractivity contribution >= 4 is 11.6 Å². The van der Waals surface area contributed by atoms with E-state index in [1.165, 1.54) is 12.8 Å². The summed E-state index contributed by atoms with van der Waals surface area (Å²) < 4.78 is 0. The second-order valence-electron chi connectivity index (χ2n) is 4.55. The Kier molecular flexibility index (Phi) is 4.15. The summed E-state index contributed by atoms with van der Waals surface area (Å²) in [6.07, 6.45) is 2.63. The Morgan fingerprint density at radius 1 is 1.35 bits per heavy atom. The Morgan fingerprint density at radius 2 is 2.06 bits per heavy atom. The number of likely N-dealkylation sites (N-methyl/N-ethyl adjacent to an activating group) is 1. The molecule has 3 nitrogen and oxygen atoms in total. The van der Waals surface area contributed by atoms with E-state index in [4.69, 9.17) is 0 Å². The predicted molar refractivity (Wildman–Crippen MR) is 70.1 cm³/mol. The predicted octanol–water partition coefficient (Wildman–Crippen LogP) is 2.04. The molecule has 1 aliphatic rings. The van der Waals surface area contributed by atoms with Crippen LogP contribution in [-0.2, 0) is 4.79 Å². The Hall–Kier alpha value is -1.35. The highest BCUT2D eigenvalue weighted by atomic mass is 16.2. The van der Waals surface area contributed by atoms with Gasteiger partial charge in [-0.15, -0.1) is 0 Å². The Labute approximate surface area is 103 Å². The summed E-state index contributed by atoms with van der Waals surface area (Å²) in [5.41, 5.74) is 0.980. The van der Waals surface area contributed by atoms with Crippen LogP contribution in [0.3, 0.4) is 0 Å². The van der Waals surface area contributed by atoms with Gasteiger partial charge in [0.2, 0.25) is 5.91 Å². The van der Waals surface area contributed by atoms with Crippen LogP contribution in [0.4, 0.5) is 5.69 Å². The summed E-state index contributed by atoms with van der Waals surface area (Å²) in [5.74, 6) is 0.967. The molecule has 1 aliphatic carbocycles. The highest BCUT2D eigenvalue weighted by Gasteiger charge is 2.21. The van der Waals surface area contributed by atoms with Crippen LogP contribution in [0.2, 0.25) is 0 Å². The molecule has 1 aromatic rings. The summed E-state index contributed by atoms with van der Waals surface area (Å²) in [5, 5.41) is 3.24. The number of rotatable bonds is 6. The SMILES string of the molecule is CCN(C(=O)CNCC1CC1)c1ccccc1. The maximum atomic E-state index is 12.0. The summed E-state index contributed by atoms with van der Waals surface area (Å²) in [6, 6.07) is 9.84. The zero-order valence-electron chi connectivity index (χ0n) is 10.4. The van der Waals surface area contributed by atoms with E-state index in [-0.39, 0.29) is 5.91 Å². The summed E-state index contributed by atoms with van der Waals surface area (Å²) >= 11 is 0. The molecule has 1 fully saturated rings. The molecule has 0 radical (unpaired) electrons. The molecule has 0 aromatic heterocycles. The minimum absolute atomic E-state index is 0.152. The van der Waals surface area contributed by atoms with Gasteiger partial charge in [-0.2, -0.15) is 0 Å². The van der Waals surface area contributed by atoms with Crippen molar-refractivity contribution in [3.63, 3.8) is 0 Å². The van der Waals surface area contributed by atoms with Crippen LogP contribution < -0.4 is 10.2 Å². The van der Waals surface area contributed by atoms with E-state index >= 15 is 0 Å². The molecule has 0 atom stereocenters. The first-order chi connectivity index (χ1) is 8.31. The number of anilines is 1. The third kappa shape index (κ3) is 3.56. The largest absolute Gasteiger partial charge is 0.312 e. The number of para-hydroxylation sites is 1. The molecule has 0 aliphatic heterocycles. The lowest BCUT2D eigenvalue weighted by atomic mass is 10.3. The molecular weight excluding hydrogens is 212 g/mol. The third-order valence-electron chi connectivity index (χ3n) is 3.09. The van der Waals surface area contributed by atoms with Crippen molar-refractivity contribution in [2.75, 3.05) is 24.5 Å². The van der Waals surface area contributed by atoms with Gasteiger partial charge in [0.05, 0.1) is 6.54 Å². The smallest absolute Gasteiger partial charge is 0.240 e. The minimum Gasteiger partial charge on any atom is -0.312 e. The first-order valence-corrected chi connectivity index (χ1v) is 6.37. The number of hydrogen-bond acceptors (Lipinski definition) is 2. The molecule has 0 heterocycles. The van der Waals surface area contributed by atoms with Gasteiger partial charge in [-0.1, -0.05) is 18.2 Å². The van der Waals surface area contributed by atoms with E-state index < -0.39 is 0 Å². The number of carbonyl (C=O) groups excluding carboxylic acids is 1. The number of benzene rings is 1. The van der Waals surface area contributed by atoms with Crippen LogP contribution in [0.15, 0.2) is 30.3 Å². The molecule has 17 heavy (non-hydrogen) atoms. The third-order valence-corrected chi connectivity index (χ3v) is 3.09. The summed E-state index contributed by atoms with van der Waals surface area (Å²) in [7, 11) is 0. The second kappa shape index (κ2) is 5.82. The van der Waals surface area contributed by atoms with Gasteiger partial charge in [0.1, 0.15) is 0 Å². The Morgan fingerprint density at radius 3 is 2.65 bits per heavy atom. The fourth-order valence-electron chi connectivity index (χ4n) is 1.91. The average molecular weight is 232 g/mol. The molecule has 1 saturated carbocycles. The fraction of sp³-hybridized carbons (Fsp3) is 0.500. The molecule has 92 valence electrons. The molecule has 1 N–H and O–H groups in total. The average Bonchev–Trinajstić information content (AvgIpc) is 3.15. The number of nitrogens with one attached hydrogen (secondary N) is 1.